The van der Waals surface area contributed by atoms with Gasteiger partial charge < -0.3 is 13.8 Å². The van der Waals surface area contributed by atoms with Gasteiger partial charge in [-0.1, -0.05) is 53.4 Å². The van der Waals surface area contributed by atoms with Gasteiger partial charge in [-0.2, -0.15) is 0 Å². The van der Waals surface area contributed by atoms with Crippen LogP contribution < -0.4 is 0 Å². The standard InChI is InChI=1S/C10H20.CH4.U/c1-8(2)10(6,7)9(3,4)5;;/h8H,6-7H2,1-5H3;1H4;/q-2;;+2. The van der Waals surface area contributed by atoms with Crippen LogP contribution in [-0.2, 0) is 0 Å². The van der Waals surface area contributed by atoms with E-state index in [0.717, 1.165) is 0 Å². The Morgan fingerprint density at radius 3 is 1.25 bits per heavy atom. The fourth-order valence-corrected chi connectivity index (χ4v) is 0.866. The minimum Gasteiger partial charge on any atom is -0.366 e. The van der Waals surface area contributed by atoms with Crippen LogP contribution in [0.15, 0.2) is 0 Å². The Morgan fingerprint density at radius 2 is 1.25 bits per heavy atom. The first-order valence-electron chi connectivity index (χ1n) is 3.90. The Morgan fingerprint density at radius 1 is 1.00 bits per heavy atom. The van der Waals surface area contributed by atoms with Gasteiger partial charge in [0.05, 0.1) is 0 Å². The molecular formula is C11H24U. The van der Waals surface area contributed by atoms with E-state index in [0.29, 0.717) is 5.92 Å². The van der Waals surface area contributed by atoms with E-state index >= 15 is 0 Å². The fraction of sp³-hybridized carbons (Fsp3) is 0.818. The van der Waals surface area contributed by atoms with Gasteiger partial charge in [-0.25, -0.2) is 0 Å². The summed E-state index contributed by atoms with van der Waals surface area (Å²) >= 11 is 0. The van der Waals surface area contributed by atoms with Crippen molar-refractivity contribution < 1.29 is 31.1 Å². The molecule has 0 aliphatic rings. The second-order valence-electron chi connectivity index (χ2n) is 4.56. The predicted octanol–water partition coefficient (Wildman–Crippen LogP) is 3.98. The molecule has 0 radical (unpaired) electrons. The summed E-state index contributed by atoms with van der Waals surface area (Å²) in [5.74, 6) is 0.535. The van der Waals surface area contributed by atoms with Crippen LogP contribution in [0.2, 0.25) is 0 Å². The van der Waals surface area contributed by atoms with Crippen LogP contribution in [0, 0.1) is 61.7 Å². The molecule has 0 saturated carbocycles. The molecule has 0 spiro atoms. The summed E-state index contributed by atoms with van der Waals surface area (Å²) in [4.78, 5) is 0. The van der Waals surface area contributed by atoms with E-state index in [1.165, 1.54) is 0 Å². The maximum atomic E-state index is 4.13. The summed E-state index contributed by atoms with van der Waals surface area (Å²) in [5, 5.41) is 0. The second kappa shape index (κ2) is 5.71. The third kappa shape index (κ3) is 4.33. The van der Waals surface area contributed by atoms with Crippen LogP contribution >= 0.6 is 0 Å². The van der Waals surface area contributed by atoms with Crippen molar-refractivity contribution in [2.75, 3.05) is 0 Å². The van der Waals surface area contributed by atoms with Gasteiger partial charge in [0.1, 0.15) is 0 Å². The van der Waals surface area contributed by atoms with Gasteiger partial charge in [0.2, 0.25) is 0 Å². The van der Waals surface area contributed by atoms with E-state index in [2.05, 4.69) is 48.5 Å². The van der Waals surface area contributed by atoms with Gasteiger partial charge in [0.25, 0.3) is 0 Å². The zero-order valence-electron chi connectivity index (χ0n) is 8.49. The van der Waals surface area contributed by atoms with Crippen LogP contribution in [-0.4, -0.2) is 0 Å². The van der Waals surface area contributed by atoms with Gasteiger partial charge >= 0.3 is 31.1 Å². The molecule has 0 amide bonds. The summed E-state index contributed by atoms with van der Waals surface area (Å²) in [6.45, 7) is 19.2. The van der Waals surface area contributed by atoms with Crippen molar-refractivity contribution in [3.05, 3.63) is 13.8 Å². The Hall–Kier alpha value is 1.05. The first kappa shape index (κ1) is 18.8. The average Bonchev–Trinajstić information content (AvgIpc) is 1.62. The van der Waals surface area contributed by atoms with Gasteiger partial charge in [-0.3, -0.25) is 5.41 Å². The normalized spacial score (nSPS) is 12.0. The van der Waals surface area contributed by atoms with Crippen molar-refractivity contribution in [1.29, 1.82) is 0 Å². The molecule has 12 heavy (non-hydrogen) atoms. The van der Waals surface area contributed by atoms with Crippen LogP contribution in [0.5, 0.6) is 0 Å². The summed E-state index contributed by atoms with van der Waals surface area (Å²) in [5.41, 5.74) is 0.133. The van der Waals surface area contributed by atoms with E-state index < -0.39 is 0 Å². The summed E-state index contributed by atoms with van der Waals surface area (Å²) in [6.07, 6.45) is 0. The largest absolute Gasteiger partial charge is 2.00 e. The smallest absolute Gasteiger partial charge is 0.366 e. The Labute approximate surface area is 103 Å². The van der Waals surface area contributed by atoms with Gasteiger partial charge in [0.15, 0.2) is 0 Å². The van der Waals surface area contributed by atoms with Crippen LogP contribution in [0.25, 0.3) is 0 Å². The van der Waals surface area contributed by atoms with Crippen molar-refractivity contribution in [3.8, 4) is 0 Å². The molecule has 0 heterocycles. The van der Waals surface area contributed by atoms with Crippen LogP contribution in [0.3, 0.4) is 0 Å². The quantitative estimate of drug-likeness (QED) is 0.591. The van der Waals surface area contributed by atoms with Crippen LogP contribution in [0.4, 0.5) is 0 Å². The molecule has 1 heteroatoms. The minimum absolute atomic E-state index is 0. The molecule has 0 unspecified atom stereocenters. The summed E-state index contributed by atoms with van der Waals surface area (Å²) in [6, 6.07) is 0. The summed E-state index contributed by atoms with van der Waals surface area (Å²) < 4.78 is 0. The molecule has 72 valence electrons. The van der Waals surface area contributed by atoms with Gasteiger partial charge in [0, 0.05) is 0 Å². The molecule has 0 fully saturated rings. The Balaban J connectivity index is -0.000000405. The SMILES string of the molecule is C.[CH2-]C([CH2-])(C(C)C)C(C)(C)C.[U+2]. The van der Waals surface area contributed by atoms with Crippen molar-refractivity contribution in [1.82, 2.24) is 0 Å². The maximum Gasteiger partial charge on any atom is 2.00 e. The molecule has 0 aliphatic carbocycles. The van der Waals surface area contributed by atoms with E-state index in [1.807, 2.05) is 0 Å². The first-order chi connectivity index (χ1) is 4.19. The van der Waals surface area contributed by atoms with E-state index in [1.54, 1.807) is 0 Å². The molecule has 0 nitrogen and oxygen atoms in total. The molecule has 0 N–H and O–H groups in total. The molecule has 0 aromatic rings. The topological polar surface area (TPSA) is 0 Å². The van der Waals surface area contributed by atoms with E-state index in [4.69, 9.17) is 0 Å². The third-order valence-electron chi connectivity index (χ3n) is 2.60. The fourth-order valence-electron chi connectivity index (χ4n) is 0.866. The van der Waals surface area contributed by atoms with Crippen molar-refractivity contribution in [2.45, 2.75) is 42.0 Å². The molecular weight excluding hydrogens is 370 g/mol. The zero-order valence-corrected chi connectivity index (χ0v) is 12.7. The van der Waals surface area contributed by atoms with Crippen molar-refractivity contribution in [2.24, 2.45) is 16.7 Å². The van der Waals surface area contributed by atoms with Crippen molar-refractivity contribution in [3.63, 3.8) is 0 Å². The molecule has 0 aliphatic heterocycles. The van der Waals surface area contributed by atoms with E-state index in [-0.39, 0.29) is 49.4 Å². The van der Waals surface area contributed by atoms with Gasteiger partial charge in [-0.15, -0.1) is 0 Å². The minimum atomic E-state index is -0.0625. The predicted molar refractivity (Wildman–Crippen MR) is 54.2 cm³/mol. The Kier molecular flexibility index (Phi) is 8.93. The molecule has 0 aromatic heterocycles. The number of rotatable bonds is 1. The zero-order chi connectivity index (χ0) is 8.58. The molecule has 0 saturated heterocycles. The number of hydrogen-bond donors (Lipinski definition) is 0. The van der Waals surface area contributed by atoms with Crippen molar-refractivity contribution >= 4 is 0 Å². The van der Waals surface area contributed by atoms with Crippen LogP contribution in [0.1, 0.15) is 42.0 Å². The third-order valence-corrected chi connectivity index (χ3v) is 2.60. The summed E-state index contributed by atoms with van der Waals surface area (Å²) in [7, 11) is 0. The second-order valence-corrected chi connectivity index (χ2v) is 4.56. The molecule has 0 rings (SSSR count). The first-order valence-corrected chi connectivity index (χ1v) is 3.90. The van der Waals surface area contributed by atoms with E-state index in [9.17, 15) is 0 Å². The Bertz CT molecular complexity index is 107. The van der Waals surface area contributed by atoms with Gasteiger partial charge in [-0.05, 0) is 0 Å². The molecule has 0 atom stereocenters. The monoisotopic (exact) mass is 394 g/mol. The maximum absolute atomic E-state index is 4.13. The average molecular weight is 394 g/mol. The molecule has 0 aromatic carbocycles. The number of hydrogen-bond acceptors (Lipinski definition) is 0. The molecule has 0 bridgehead atoms.